The minimum absolute atomic E-state index is 0.123. The van der Waals surface area contributed by atoms with Crippen molar-refractivity contribution in [3.63, 3.8) is 0 Å². The predicted octanol–water partition coefficient (Wildman–Crippen LogP) is 4.72. The molecule has 0 bridgehead atoms. The Labute approximate surface area is 207 Å². The van der Waals surface area contributed by atoms with Gasteiger partial charge in [-0.05, 0) is 48.0 Å². The van der Waals surface area contributed by atoms with E-state index in [1.807, 2.05) is 30.3 Å². The quantitative estimate of drug-likeness (QED) is 0.358. The first kappa shape index (κ1) is 24.5. The molecule has 180 valence electrons. The highest BCUT2D eigenvalue weighted by molar-refractivity contribution is 7.89. The smallest absolute Gasteiger partial charge is 0.257 e. The Hall–Kier alpha value is -3.60. The van der Waals surface area contributed by atoms with E-state index in [0.717, 1.165) is 10.3 Å². The summed E-state index contributed by atoms with van der Waals surface area (Å²) < 4.78 is 28.5. The molecule has 1 aromatic heterocycles. The lowest BCUT2D eigenvalue weighted by atomic mass is 10.2. The molecule has 4 rings (SSSR count). The maximum absolute atomic E-state index is 13.1. The molecule has 0 spiro atoms. The molecule has 0 radical (unpaired) electrons. The van der Waals surface area contributed by atoms with Gasteiger partial charge >= 0.3 is 0 Å². The van der Waals surface area contributed by atoms with Gasteiger partial charge in [-0.3, -0.25) is 14.9 Å². The van der Waals surface area contributed by atoms with Crippen molar-refractivity contribution >= 4 is 54.2 Å². The minimum atomic E-state index is -3.72. The third-order valence-electron chi connectivity index (χ3n) is 5.24. The van der Waals surface area contributed by atoms with E-state index in [1.54, 1.807) is 25.1 Å². The molecule has 1 heterocycles. The number of amides is 2. The standard InChI is InChI=1S/C25H24N4O4S2/c1-3-29(16-18-7-5-4-6-8-18)35(32,33)21-12-9-19(10-13-21)24(31)28-25-27-22-14-11-20(26-17(2)30)15-23(22)34-25/h4-15H,3,16H2,1-2H3,(H,26,30)(H,27,28,31). The van der Waals surface area contributed by atoms with Gasteiger partial charge in [0.2, 0.25) is 15.9 Å². The highest BCUT2D eigenvalue weighted by Gasteiger charge is 2.23. The first-order valence-electron chi connectivity index (χ1n) is 10.9. The normalized spacial score (nSPS) is 11.5. The molecule has 3 aromatic carbocycles. The van der Waals surface area contributed by atoms with Gasteiger partial charge in [0.05, 0.1) is 15.1 Å². The van der Waals surface area contributed by atoms with E-state index < -0.39 is 15.9 Å². The summed E-state index contributed by atoms with van der Waals surface area (Å²) in [5.74, 6) is -0.568. The number of nitrogens with one attached hydrogen (secondary N) is 2. The zero-order valence-electron chi connectivity index (χ0n) is 19.2. The number of thiazole rings is 1. The monoisotopic (exact) mass is 508 g/mol. The van der Waals surface area contributed by atoms with Gasteiger partial charge in [-0.1, -0.05) is 48.6 Å². The highest BCUT2D eigenvalue weighted by atomic mass is 32.2. The summed E-state index contributed by atoms with van der Waals surface area (Å²) in [6.07, 6.45) is 0. The number of fused-ring (bicyclic) bond motifs is 1. The fourth-order valence-corrected chi connectivity index (χ4v) is 5.85. The Balaban J connectivity index is 1.48. The van der Waals surface area contributed by atoms with Gasteiger partial charge in [-0.2, -0.15) is 4.31 Å². The van der Waals surface area contributed by atoms with Gasteiger partial charge in [0.15, 0.2) is 5.13 Å². The molecule has 10 heteroatoms. The molecule has 0 aliphatic carbocycles. The summed E-state index contributed by atoms with van der Waals surface area (Å²) in [6.45, 7) is 3.81. The van der Waals surface area contributed by atoms with Crippen LogP contribution in [0.5, 0.6) is 0 Å². The molecule has 0 atom stereocenters. The molecule has 8 nitrogen and oxygen atoms in total. The van der Waals surface area contributed by atoms with Crippen LogP contribution < -0.4 is 10.6 Å². The zero-order chi connectivity index (χ0) is 25.0. The lowest BCUT2D eigenvalue weighted by Gasteiger charge is -2.20. The number of hydrogen-bond donors (Lipinski definition) is 2. The van der Waals surface area contributed by atoms with Crippen molar-refractivity contribution < 1.29 is 18.0 Å². The predicted molar refractivity (Wildman–Crippen MR) is 138 cm³/mol. The van der Waals surface area contributed by atoms with Crippen LogP contribution in [0.3, 0.4) is 0 Å². The maximum Gasteiger partial charge on any atom is 0.257 e. The second-order valence-corrected chi connectivity index (χ2v) is 10.7. The fourth-order valence-electron chi connectivity index (χ4n) is 3.51. The highest BCUT2D eigenvalue weighted by Crippen LogP contribution is 2.29. The lowest BCUT2D eigenvalue weighted by molar-refractivity contribution is -0.114. The molecule has 0 saturated carbocycles. The Morgan fingerprint density at radius 1 is 0.971 bits per heavy atom. The first-order chi connectivity index (χ1) is 16.8. The summed E-state index contributed by atoms with van der Waals surface area (Å²) in [5.41, 5.74) is 2.55. The van der Waals surface area contributed by atoms with Crippen molar-refractivity contribution in [1.82, 2.24) is 9.29 Å². The first-order valence-corrected chi connectivity index (χ1v) is 13.2. The largest absolute Gasteiger partial charge is 0.326 e. The van der Waals surface area contributed by atoms with Gasteiger partial charge < -0.3 is 5.32 Å². The van der Waals surface area contributed by atoms with Crippen molar-refractivity contribution in [2.75, 3.05) is 17.2 Å². The average molecular weight is 509 g/mol. The number of carbonyl (C=O) groups excluding carboxylic acids is 2. The van der Waals surface area contributed by atoms with Crippen LogP contribution in [-0.4, -0.2) is 36.1 Å². The number of aromatic nitrogens is 1. The Morgan fingerprint density at radius 3 is 2.34 bits per heavy atom. The summed E-state index contributed by atoms with van der Waals surface area (Å²) in [6, 6.07) is 20.5. The van der Waals surface area contributed by atoms with E-state index in [-0.39, 0.29) is 17.3 Å². The molecular formula is C25H24N4O4S2. The second-order valence-electron chi connectivity index (χ2n) is 7.78. The van der Waals surface area contributed by atoms with E-state index in [2.05, 4.69) is 15.6 Å². The summed E-state index contributed by atoms with van der Waals surface area (Å²) in [7, 11) is -3.72. The van der Waals surface area contributed by atoms with Crippen molar-refractivity contribution in [1.29, 1.82) is 0 Å². The van der Waals surface area contributed by atoms with Crippen molar-refractivity contribution in [3.8, 4) is 0 Å². The van der Waals surface area contributed by atoms with Crippen LogP contribution in [-0.2, 0) is 21.4 Å². The van der Waals surface area contributed by atoms with Gasteiger partial charge in [0, 0.05) is 31.3 Å². The van der Waals surface area contributed by atoms with Crippen LogP contribution in [0.1, 0.15) is 29.8 Å². The number of rotatable bonds is 8. The molecule has 2 amide bonds. The van der Waals surface area contributed by atoms with Crippen molar-refractivity contribution in [3.05, 3.63) is 83.9 Å². The summed E-state index contributed by atoms with van der Waals surface area (Å²) in [5, 5.41) is 5.87. The number of sulfonamides is 1. The van der Waals surface area contributed by atoms with Crippen LogP contribution in [0, 0.1) is 0 Å². The van der Waals surface area contributed by atoms with E-state index >= 15 is 0 Å². The minimum Gasteiger partial charge on any atom is -0.326 e. The Morgan fingerprint density at radius 2 is 1.69 bits per heavy atom. The molecule has 35 heavy (non-hydrogen) atoms. The summed E-state index contributed by atoms with van der Waals surface area (Å²) in [4.78, 5) is 28.5. The molecule has 4 aromatic rings. The second kappa shape index (κ2) is 10.3. The van der Waals surface area contributed by atoms with Gasteiger partial charge in [0.1, 0.15) is 0 Å². The molecule has 0 fully saturated rings. The molecule has 2 N–H and O–H groups in total. The van der Waals surface area contributed by atoms with E-state index in [0.29, 0.717) is 28.4 Å². The van der Waals surface area contributed by atoms with Crippen LogP contribution in [0.15, 0.2) is 77.7 Å². The molecular weight excluding hydrogens is 484 g/mol. The van der Waals surface area contributed by atoms with Crippen molar-refractivity contribution in [2.45, 2.75) is 25.3 Å². The summed E-state index contributed by atoms with van der Waals surface area (Å²) >= 11 is 1.28. The third kappa shape index (κ3) is 5.73. The van der Waals surface area contributed by atoms with Gasteiger partial charge in [-0.25, -0.2) is 13.4 Å². The maximum atomic E-state index is 13.1. The number of benzene rings is 3. The third-order valence-corrected chi connectivity index (χ3v) is 8.11. The van der Waals surface area contributed by atoms with Crippen LogP contribution in [0.2, 0.25) is 0 Å². The Bertz CT molecular complexity index is 1470. The van der Waals surface area contributed by atoms with E-state index in [1.165, 1.54) is 46.8 Å². The average Bonchev–Trinajstić information content (AvgIpc) is 3.24. The van der Waals surface area contributed by atoms with Gasteiger partial charge in [-0.15, -0.1) is 0 Å². The molecule has 0 aliphatic rings. The van der Waals surface area contributed by atoms with Gasteiger partial charge in [0.25, 0.3) is 5.91 Å². The van der Waals surface area contributed by atoms with Crippen LogP contribution >= 0.6 is 11.3 Å². The molecule has 0 unspecified atom stereocenters. The van der Waals surface area contributed by atoms with E-state index in [9.17, 15) is 18.0 Å². The Kier molecular flexibility index (Phi) is 7.25. The molecule has 0 saturated heterocycles. The van der Waals surface area contributed by atoms with Crippen molar-refractivity contribution in [2.24, 2.45) is 0 Å². The zero-order valence-corrected chi connectivity index (χ0v) is 20.8. The van der Waals surface area contributed by atoms with E-state index in [4.69, 9.17) is 0 Å². The van der Waals surface area contributed by atoms with Crippen LogP contribution in [0.4, 0.5) is 10.8 Å². The number of nitrogens with zero attached hydrogens (tertiary/aromatic N) is 2. The topological polar surface area (TPSA) is 108 Å². The van der Waals surface area contributed by atoms with Crippen LogP contribution in [0.25, 0.3) is 10.2 Å². The molecule has 0 aliphatic heterocycles. The number of carbonyl (C=O) groups is 2. The fraction of sp³-hybridized carbons (Fsp3) is 0.160. The number of anilines is 2. The SMILES string of the molecule is CCN(Cc1ccccc1)S(=O)(=O)c1ccc(C(=O)Nc2nc3ccc(NC(C)=O)cc3s2)cc1. The lowest BCUT2D eigenvalue weighted by Crippen LogP contribution is -2.30. The number of hydrogen-bond acceptors (Lipinski definition) is 6.